The van der Waals surface area contributed by atoms with Gasteiger partial charge in [-0.1, -0.05) is 0 Å². The van der Waals surface area contributed by atoms with E-state index < -0.39 is 31.3 Å². The van der Waals surface area contributed by atoms with Gasteiger partial charge in [0.25, 0.3) is 0 Å². The molecule has 0 bridgehead atoms. The Hall–Kier alpha value is 0.150. The fraction of sp³-hybridized carbons (Fsp3) is 1.00. The Kier molecular flexibility index (Phi) is 2.77. The zero-order valence-electron chi connectivity index (χ0n) is 7.89. The van der Waals surface area contributed by atoms with Gasteiger partial charge < -0.3 is 0 Å². The fourth-order valence-electron chi connectivity index (χ4n) is 1.60. The van der Waals surface area contributed by atoms with Crippen LogP contribution < -0.4 is 4.72 Å². The Bertz CT molecular complexity index is 453. The highest BCUT2D eigenvalue weighted by molar-refractivity contribution is 7.92. The van der Waals surface area contributed by atoms with Gasteiger partial charge in [-0.25, -0.2) is 21.6 Å². The van der Waals surface area contributed by atoms with Crippen molar-refractivity contribution in [2.75, 3.05) is 11.5 Å². The summed E-state index contributed by atoms with van der Waals surface area (Å²) in [7, 11) is -6.53. The molecular weight excluding hydrogens is 262 g/mol. The van der Waals surface area contributed by atoms with E-state index in [4.69, 9.17) is 11.6 Å². The standard InChI is InChI=1S/C7H12ClNO4S2/c8-6-3-14(10,11)4-7(6)9-15(12,13)5-1-2-5/h5-7,9H,1-4H2. The molecule has 8 heteroatoms. The molecule has 2 rings (SSSR count). The maximum absolute atomic E-state index is 11.5. The molecule has 0 aromatic rings. The average Bonchev–Trinajstić information content (AvgIpc) is 2.79. The third-order valence-corrected chi connectivity index (χ3v) is 6.92. The summed E-state index contributed by atoms with van der Waals surface area (Å²) in [6, 6.07) is -0.665. The van der Waals surface area contributed by atoms with Crippen LogP contribution in [0.4, 0.5) is 0 Å². The predicted molar refractivity (Wildman–Crippen MR) is 57.2 cm³/mol. The number of alkyl halides is 1. The molecule has 1 heterocycles. The molecule has 88 valence electrons. The zero-order chi connectivity index (χ0) is 11.3. The SMILES string of the molecule is O=S1(=O)CC(Cl)C(NS(=O)(=O)C2CC2)C1. The van der Waals surface area contributed by atoms with Crippen LogP contribution in [0.2, 0.25) is 0 Å². The van der Waals surface area contributed by atoms with Gasteiger partial charge in [-0.05, 0) is 12.8 Å². The van der Waals surface area contributed by atoms with E-state index in [1.807, 2.05) is 0 Å². The molecule has 1 saturated heterocycles. The molecular formula is C7H12ClNO4S2. The molecule has 0 amide bonds. The highest BCUT2D eigenvalue weighted by Gasteiger charge is 2.43. The normalized spacial score (nSPS) is 35.5. The van der Waals surface area contributed by atoms with Crippen LogP contribution in [0, 0.1) is 0 Å². The number of sulfonamides is 1. The monoisotopic (exact) mass is 273 g/mol. The van der Waals surface area contributed by atoms with E-state index in [1.165, 1.54) is 0 Å². The molecule has 5 nitrogen and oxygen atoms in total. The highest BCUT2D eigenvalue weighted by Crippen LogP contribution is 2.29. The first-order valence-corrected chi connectivity index (χ1v) is 8.46. The van der Waals surface area contributed by atoms with E-state index in [1.54, 1.807) is 0 Å². The van der Waals surface area contributed by atoms with Crippen LogP contribution >= 0.6 is 11.6 Å². The molecule has 2 atom stereocenters. The van der Waals surface area contributed by atoms with E-state index in [0.717, 1.165) is 0 Å². The minimum absolute atomic E-state index is 0.146. The smallest absolute Gasteiger partial charge is 0.214 e. The van der Waals surface area contributed by atoms with Gasteiger partial charge in [0.15, 0.2) is 9.84 Å². The van der Waals surface area contributed by atoms with Gasteiger partial charge in [-0.2, -0.15) is 0 Å². The van der Waals surface area contributed by atoms with Crippen molar-refractivity contribution in [3.8, 4) is 0 Å². The first-order chi connectivity index (χ1) is 6.80. The van der Waals surface area contributed by atoms with Crippen molar-refractivity contribution in [2.45, 2.75) is 29.5 Å². The maximum atomic E-state index is 11.5. The van der Waals surface area contributed by atoms with E-state index in [9.17, 15) is 16.8 Å². The van der Waals surface area contributed by atoms with Crippen molar-refractivity contribution in [1.29, 1.82) is 0 Å². The van der Waals surface area contributed by atoms with Crippen molar-refractivity contribution in [2.24, 2.45) is 0 Å². The quantitative estimate of drug-likeness (QED) is 0.701. The van der Waals surface area contributed by atoms with E-state index in [0.29, 0.717) is 12.8 Å². The lowest BCUT2D eigenvalue weighted by Crippen LogP contribution is -2.42. The van der Waals surface area contributed by atoms with Crippen molar-refractivity contribution >= 4 is 31.5 Å². The van der Waals surface area contributed by atoms with E-state index in [-0.39, 0.29) is 16.8 Å². The molecule has 2 fully saturated rings. The maximum Gasteiger partial charge on any atom is 0.214 e. The molecule has 0 radical (unpaired) electrons. The predicted octanol–water partition coefficient (Wildman–Crippen LogP) is -0.527. The Morgan fingerprint density at radius 3 is 2.20 bits per heavy atom. The van der Waals surface area contributed by atoms with Crippen molar-refractivity contribution in [3.05, 3.63) is 0 Å². The summed E-state index contributed by atoms with van der Waals surface area (Å²) in [4.78, 5) is 0. The highest BCUT2D eigenvalue weighted by atomic mass is 35.5. The summed E-state index contributed by atoms with van der Waals surface area (Å²) >= 11 is 5.79. The Morgan fingerprint density at radius 1 is 1.20 bits per heavy atom. The van der Waals surface area contributed by atoms with Crippen LogP contribution in [0.1, 0.15) is 12.8 Å². The number of nitrogens with one attached hydrogen (secondary N) is 1. The van der Waals surface area contributed by atoms with Gasteiger partial charge >= 0.3 is 0 Å². The van der Waals surface area contributed by atoms with Crippen LogP contribution in [-0.2, 0) is 19.9 Å². The molecule has 2 aliphatic rings. The summed E-state index contributed by atoms with van der Waals surface area (Å²) in [5, 5.41) is -0.992. The third-order valence-electron chi connectivity index (χ3n) is 2.56. The van der Waals surface area contributed by atoms with Gasteiger partial charge in [0.1, 0.15) is 0 Å². The lowest BCUT2D eigenvalue weighted by Gasteiger charge is -2.13. The number of hydrogen-bond donors (Lipinski definition) is 1. The first-order valence-electron chi connectivity index (χ1n) is 4.66. The van der Waals surface area contributed by atoms with Crippen molar-refractivity contribution < 1.29 is 16.8 Å². The van der Waals surface area contributed by atoms with Crippen LogP contribution in [0.5, 0.6) is 0 Å². The summed E-state index contributed by atoms with van der Waals surface area (Å²) in [5.74, 6) is -0.334. The fourth-order valence-corrected chi connectivity index (χ4v) is 5.95. The molecule has 0 aromatic heterocycles. The molecule has 1 N–H and O–H groups in total. The third kappa shape index (κ3) is 2.64. The van der Waals surface area contributed by atoms with Gasteiger partial charge in [0.05, 0.1) is 28.2 Å². The Balaban J connectivity index is 2.07. The van der Waals surface area contributed by atoms with E-state index in [2.05, 4.69) is 4.72 Å². The Morgan fingerprint density at radius 2 is 1.80 bits per heavy atom. The molecule has 0 spiro atoms. The number of hydrogen-bond acceptors (Lipinski definition) is 4. The molecule has 2 unspecified atom stereocenters. The lowest BCUT2D eigenvalue weighted by atomic mass is 10.3. The van der Waals surface area contributed by atoms with E-state index >= 15 is 0 Å². The van der Waals surface area contributed by atoms with Crippen LogP contribution in [-0.4, -0.2) is 45.0 Å². The number of halogens is 1. The molecule has 1 aliphatic carbocycles. The summed E-state index contributed by atoms with van der Waals surface area (Å²) in [6.45, 7) is 0. The van der Waals surface area contributed by atoms with Crippen LogP contribution in [0.25, 0.3) is 0 Å². The number of rotatable bonds is 3. The molecule has 1 saturated carbocycles. The van der Waals surface area contributed by atoms with Crippen molar-refractivity contribution in [3.63, 3.8) is 0 Å². The van der Waals surface area contributed by atoms with Gasteiger partial charge in [-0.3, -0.25) is 0 Å². The zero-order valence-corrected chi connectivity index (χ0v) is 10.3. The van der Waals surface area contributed by atoms with Gasteiger partial charge in [-0.15, -0.1) is 11.6 Å². The second-order valence-corrected chi connectivity index (χ2v) is 8.77. The second-order valence-electron chi connectivity index (χ2n) is 4.06. The van der Waals surface area contributed by atoms with Gasteiger partial charge in [0, 0.05) is 0 Å². The van der Waals surface area contributed by atoms with Crippen LogP contribution in [0.3, 0.4) is 0 Å². The first kappa shape index (κ1) is 11.6. The van der Waals surface area contributed by atoms with Crippen LogP contribution in [0.15, 0.2) is 0 Å². The summed E-state index contributed by atoms with van der Waals surface area (Å²) in [6.07, 6.45) is 1.31. The molecule has 0 aromatic carbocycles. The minimum atomic E-state index is -3.35. The van der Waals surface area contributed by atoms with Crippen molar-refractivity contribution in [1.82, 2.24) is 4.72 Å². The average molecular weight is 274 g/mol. The molecule has 1 aliphatic heterocycles. The summed E-state index contributed by atoms with van der Waals surface area (Å²) < 4.78 is 47.9. The second kappa shape index (κ2) is 3.58. The minimum Gasteiger partial charge on any atom is -0.229 e. The topological polar surface area (TPSA) is 80.3 Å². The molecule has 15 heavy (non-hydrogen) atoms. The number of sulfone groups is 1. The Labute approximate surface area is 94.2 Å². The lowest BCUT2D eigenvalue weighted by molar-refractivity contribution is 0.562. The largest absolute Gasteiger partial charge is 0.229 e. The summed E-state index contributed by atoms with van der Waals surface area (Å²) in [5.41, 5.74) is 0. The van der Waals surface area contributed by atoms with Gasteiger partial charge in [0.2, 0.25) is 10.0 Å².